The van der Waals surface area contributed by atoms with Gasteiger partial charge in [0, 0.05) is 10.0 Å². The summed E-state index contributed by atoms with van der Waals surface area (Å²) >= 11 is 3.47. The van der Waals surface area contributed by atoms with E-state index in [4.69, 9.17) is 5.73 Å². The average molecular weight is 296 g/mol. The highest BCUT2D eigenvalue weighted by atomic mass is 79.9. The molecule has 2 rings (SSSR count). The van der Waals surface area contributed by atoms with Crippen LogP contribution in [0.15, 0.2) is 28.7 Å². The molecule has 2 N–H and O–H groups in total. The van der Waals surface area contributed by atoms with E-state index in [0.29, 0.717) is 0 Å². The summed E-state index contributed by atoms with van der Waals surface area (Å²) in [6, 6.07) is 8.60. The summed E-state index contributed by atoms with van der Waals surface area (Å²) in [5.74, 6) is 0.837. The van der Waals surface area contributed by atoms with Crippen molar-refractivity contribution in [3.63, 3.8) is 0 Å². The van der Waals surface area contributed by atoms with Crippen LogP contribution in [-0.2, 0) is 6.42 Å². The number of nitrogens with two attached hydrogens (primary N) is 1. The van der Waals surface area contributed by atoms with Gasteiger partial charge in [0.1, 0.15) is 0 Å². The Kier molecular flexibility index (Phi) is 4.26. The van der Waals surface area contributed by atoms with Crippen molar-refractivity contribution in [1.82, 2.24) is 0 Å². The van der Waals surface area contributed by atoms with Crippen molar-refractivity contribution in [3.05, 3.63) is 34.3 Å². The zero-order valence-electron chi connectivity index (χ0n) is 10.6. The van der Waals surface area contributed by atoms with Gasteiger partial charge in [0.2, 0.25) is 0 Å². The van der Waals surface area contributed by atoms with Crippen LogP contribution in [0.25, 0.3) is 0 Å². The normalized spacial score (nSPS) is 29.2. The maximum Gasteiger partial charge on any atom is 0.0197 e. The van der Waals surface area contributed by atoms with Gasteiger partial charge in [0.05, 0.1) is 0 Å². The molecule has 1 fully saturated rings. The van der Waals surface area contributed by atoms with Crippen molar-refractivity contribution in [3.8, 4) is 0 Å². The van der Waals surface area contributed by atoms with E-state index in [1.807, 2.05) is 0 Å². The van der Waals surface area contributed by atoms with Crippen molar-refractivity contribution >= 4 is 15.9 Å². The summed E-state index contributed by atoms with van der Waals surface area (Å²) in [6.07, 6.45) is 7.34. The zero-order chi connectivity index (χ0) is 12.3. The number of rotatable bonds is 3. The maximum atomic E-state index is 6.58. The Hall–Kier alpha value is -0.340. The Morgan fingerprint density at radius 1 is 1.35 bits per heavy atom. The highest BCUT2D eigenvalue weighted by Crippen LogP contribution is 2.34. The molecule has 0 spiro atoms. The molecule has 1 aliphatic rings. The molecule has 1 saturated carbocycles. The topological polar surface area (TPSA) is 26.0 Å². The number of halogens is 1. The summed E-state index contributed by atoms with van der Waals surface area (Å²) in [5.41, 5.74) is 7.99. The lowest BCUT2D eigenvalue weighted by molar-refractivity contribution is 0.218. The highest BCUT2D eigenvalue weighted by molar-refractivity contribution is 9.10. The highest BCUT2D eigenvalue weighted by Gasteiger charge is 2.31. The molecule has 17 heavy (non-hydrogen) atoms. The zero-order valence-corrected chi connectivity index (χ0v) is 12.2. The molecule has 0 saturated heterocycles. The molecule has 1 aromatic rings. The predicted octanol–water partition coefficient (Wildman–Crippen LogP) is 4.29. The van der Waals surface area contributed by atoms with Gasteiger partial charge in [-0.1, -0.05) is 54.2 Å². The van der Waals surface area contributed by atoms with Gasteiger partial charge >= 0.3 is 0 Å². The van der Waals surface area contributed by atoms with Crippen LogP contribution in [-0.4, -0.2) is 5.54 Å². The van der Waals surface area contributed by atoms with Crippen LogP contribution < -0.4 is 5.73 Å². The number of hydrogen-bond acceptors (Lipinski definition) is 1. The molecule has 0 aromatic heterocycles. The van der Waals surface area contributed by atoms with Gasteiger partial charge in [-0.2, -0.15) is 0 Å². The standard InChI is InChI=1S/C15H22BrN/c1-2-12-4-3-9-15(17,10-12)11-13-5-7-14(16)8-6-13/h5-8,12H,2-4,9-11,17H2,1H3. The Labute approximate surface area is 113 Å². The SMILES string of the molecule is CCC1CCCC(N)(Cc2ccc(Br)cc2)C1. The Bertz CT molecular complexity index is 360. The van der Waals surface area contributed by atoms with Crippen molar-refractivity contribution in [2.75, 3.05) is 0 Å². The first-order chi connectivity index (χ1) is 8.11. The first kappa shape index (κ1) is 13.1. The van der Waals surface area contributed by atoms with Crippen molar-refractivity contribution in [2.24, 2.45) is 11.7 Å². The van der Waals surface area contributed by atoms with Gasteiger partial charge < -0.3 is 5.73 Å². The van der Waals surface area contributed by atoms with Gasteiger partial charge in [-0.05, 0) is 42.9 Å². The van der Waals surface area contributed by atoms with Crippen LogP contribution in [0.5, 0.6) is 0 Å². The minimum Gasteiger partial charge on any atom is -0.325 e. The average Bonchev–Trinajstić information content (AvgIpc) is 2.32. The third kappa shape index (κ3) is 3.56. The second-order valence-electron chi connectivity index (χ2n) is 5.54. The molecule has 0 aliphatic heterocycles. The lowest BCUT2D eigenvalue weighted by Crippen LogP contribution is -2.46. The summed E-state index contributed by atoms with van der Waals surface area (Å²) in [5, 5.41) is 0. The fraction of sp³-hybridized carbons (Fsp3) is 0.600. The van der Waals surface area contributed by atoms with E-state index in [9.17, 15) is 0 Å². The lowest BCUT2D eigenvalue weighted by Gasteiger charge is -2.38. The van der Waals surface area contributed by atoms with Gasteiger partial charge in [-0.25, -0.2) is 0 Å². The molecular formula is C15H22BrN. The van der Waals surface area contributed by atoms with Crippen LogP contribution in [0, 0.1) is 5.92 Å². The smallest absolute Gasteiger partial charge is 0.0197 e. The van der Waals surface area contributed by atoms with E-state index < -0.39 is 0 Å². The number of benzene rings is 1. The van der Waals surface area contributed by atoms with Crippen molar-refractivity contribution in [1.29, 1.82) is 0 Å². The van der Waals surface area contributed by atoms with Crippen LogP contribution in [0.2, 0.25) is 0 Å². The fourth-order valence-corrected chi connectivity index (χ4v) is 3.30. The molecular weight excluding hydrogens is 274 g/mol. The Balaban J connectivity index is 2.03. The molecule has 0 amide bonds. The molecule has 1 aliphatic carbocycles. The summed E-state index contributed by atoms with van der Waals surface area (Å²) < 4.78 is 1.14. The lowest BCUT2D eigenvalue weighted by atomic mass is 9.72. The monoisotopic (exact) mass is 295 g/mol. The predicted molar refractivity (Wildman–Crippen MR) is 77.0 cm³/mol. The Morgan fingerprint density at radius 2 is 2.06 bits per heavy atom. The first-order valence-corrected chi connectivity index (χ1v) is 7.44. The number of hydrogen-bond donors (Lipinski definition) is 1. The van der Waals surface area contributed by atoms with E-state index in [0.717, 1.165) is 16.8 Å². The van der Waals surface area contributed by atoms with Crippen molar-refractivity contribution in [2.45, 2.75) is 51.0 Å². The second-order valence-corrected chi connectivity index (χ2v) is 6.45. The largest absolute Gasteiger partial charge is 0.325 e. The Morgan fingerprint density at radius 3 is 2.71 bits per heavy atom. The van der Waals surface area contributed by atoms with E-state index in [2.05, 4.69) is 47.1 Å². The quantitative estimate of drug-likeness (QED) is 0.884. The van der Waals surface area contributed by atoms with E-state index >= 15 is 0 Å². The van der Waals surface area contributed by atoms with Crippen molar-refractivity contribution < 1.29 is 0 Å². The molecule has 0 bridgehead atoms. The summed E-state index contributed by atoms with van der Waals surface area (Å²) in [6.45, 7) is 2.29. The van der Waals surface area contributed by atoms with Gasteiger partial charge in [0.25, 0.3) is 0 Å². The van der Waals surface area contributed by atoms with Gasteiger partial charge in [-0.15, -0.1) is 0 Å². The minimum atomic E-state index is 0.0345. The third-order valence-corrected chi connectivity index (χ3v) is 4.56. The second kappa shape index (κ2) is 5.53. The first-order valence-electron chi connectivity index (χ1n) is 6.65. The third-order valence-electron chi connectivity index (χ3n) is 4.03. The van der Waals surface area contributed by atoms with Crippen LogP contribution in [0.1, 0.15) is 44.6 Å². The molecule has 2 atom stereocenters. The van der Waals surface area contributed by atoms with E-state index in [1.54, 1.807) is 0 Å². The van der Waals surface area contributed by atoms with E-state index in [1.165, 1.54) is 37.7 Å². The molecule has 2 unspecified atom stereocenters. The molecule has 1 nitrogen and oxygen atoms in total. The summed E-state index contributed by atoms with van der Waals surface area (Å²) in [7, 11) is 0. The van der Waals surface area contributed by atoms with Crippen LogP contribution in [0.4, 0.5) is 0 Å². The summed E-state index contributed by atoms with van der Waals surface area (Å²) in [4.78, 5) is 0. The van der Waals surface area contributed by atoms with Gasteiger partial charge in [0.15, 0.2) is 0 Å². The van der Waals surface area contributed by atoms with Crippen LogP contribution in [0.3, 0.4) is 0 Å². The van der Waals surface area contributed by atoms with Gasteiger partial charge in [-0.3, -0.25) is 0 Å². The fourth-order valence-electron chi connectivity index (χ4n) is 3.04. The molecule has 0 radical (unpaired) electrons. The molecule has 0 heterocycles. The molecule has 94 valence electrons. The van der Waals surface area contributed by atoms with E-state index in [-0.39, 0.29) is 5.54 Å². The van der Waals surface area contributed by atoms with Crippen LogP contribution >= 0.6 is 15.9 Å². The molecule has 2 heteroatoms. The molecule has 1 aromatic carbocycles. The minimum absolute atomic E-state index is 0.0345. The maximum absolute atomic E-state index is 6.58.